The third kappa shape index (κ3) is 4.30. The van der Waals surface area contributed by atoms with Gasteiger partial charge in [0.15, 0.2) is 5.82 Å². The van der Waals surface area contributed by atoms with E-state index in [0.717, 1.165) is 72.4 Å². The van der Waals surface area contributed by atoms with Gasteiger partial charge in [0.05, 0.1) is 16.1 Å². The number of aromatic nitrogens is 5. The number of rotatable bonds is 8. The van der Waals surface area contributed by atoms with Crippen molar-refractivity contribution >= 4 is 28.4 Å². The summed E-state index contributed by atoms with van der Waals surface area (Å²) in [5.41, 5.74) is 2.69. The topological polar surface area (TPSA) is 96.5 Å². The highest BCUT2D eigenvalue weighted by molar-refractivity contribution is 6.35. The van der Waals surface area contributed by atoms with Gasteiger partial charge in [-0.05, 0) is 99.2 Å². The number of amides is 1. The first-order valence-corrected chi connectivity index (χ1v) is 13.0. The fourth-order valence-electron chi connectivity index (χ4n) is 7.33. The van der Waals surface area contributed by atoms with Crippen molar-refractivity contribution in [3.8, 4) is 0 Å². The molecule has 0 saturated heterocycles. The third-order valence-electron chi connectivity index (χ3n) is 8.37. The zero-order chi connectivity index (χ0) is 23.1. The van der Waals surface area contributed by atoms with Crippen LogP contribution in [0.15, 0.2) is 24.3 Å². The normalized spacial score (nSPS) is 27.4. The van der Waals surface area contributed by atoms with Gasteiger partial charge in [0, 0.05) is 24.0 Å². The summed E-state index contributed by atoms with van der Waals surface area (Å²) in [7, 11) is 0. The number of carbonyl (C=O) groups excluding carboxylic acids is 1. The minimum absolute atomic E-state index is 0.0685. The van der Waals surface area contributed by atoms with E-state index in [1.807, 2.05) is 18.2 Å². The molecular formula is C26H31ClN6O. The second-order valence-electron chi connectivity index (χ2n) is 10.9. The first kappa shape index (κ1) is 22.0. The van der Waals surface area contributed by atoms with Crippen LogP contribution in [0.2, 0.25) is 5.02 Å². The number of nitrogens with one attached hydrogen (secondary N) is 2. The Labute approximate surface area is 204 Å². The summed E-state index contributed by atoms with van der Waals surface area (Å²) in [6, 6.07) is 7.73. The molecule has 1 amide bonds. The Kier molecular flexibility index (Phi) is 5.76. The monoisotopic (exact) mass is 478 g/mol. The van der Waals surface area contributed by atoms with E-state index in [0.29, 0.717) is 16.0 Å². The number of hydrogen-bond acceptors (Lipinski definition) is 5. The highest BCUT2D eigenvalue weighted by Gasteiger charge is 2.50. The molecule has 178 valence electrons. The summed E-state index contributed by atoms with van der Waals surface area (Å²) >= 11 is 6.54. The van der Waals surface area contributed by atoms with Gasteiger partial charge in [0.1, 0.15) is 0 Å². The summed E-state index contributed by atoms with van der Waals surface area (Å²) in [6.45, 7) is 0.772. The molecule has 34 heavy (non-hydrogen) atoms. The van der Waals surface area contributed by atoms with Crippen LogP contribution in [0.5, 0.6) is 0 Å². The van der Waals surface area contributed by atoms with E-state index in [1.54, 1.807) is 6.07 Å². The number of tetrazole rings is 1. The Morgan fingerprint density at radius 1 is 1.03 bits per heavy atom. The van der Waals surface area contributed by atoms with E-state index in [9.17, 15) is 4.79 Å². The smallest absolute Gasteiger partial charge is 0.253 e. The summed E-state index contributed by atoms with van der Waals surface area (Å²) in [5, 5.41) is 18.7. The molecule has 4 fully saturated rings. The van der Waals surface area contributed by atoms with Crippen LogP contribution < -0.4 is 5.32 Å². The van der Waals surface area contributed by atoms with Crippen molar-refractivity contribution in [1.29, 1.82) is 0 Å². The number of aromatic amines is 1. The minimum atomic E-state index is -0.0685. The number of halogens is 1. The number of unbranched alkanes of at least 4 members (excludes halogenated alkanes) is 1. The Morgan fingerprint density at radius 3 is 2.47 bits per heavy atom. The summed E-state index contributed by atoms with van der Waals surface area (Å²) < 4.78 is 0. The van der Waals surface area contributed by atoms with Crippen LogP contribution in [0.1, 0.15) is 73.2 Å². The van der Waals surface area contributed by atoms with Crippen molar-refractivity contribution in [3.05, 3.63) is 46.4 Å². The van der Waals surface area contributed by atoms with E-state index >= 15 is 0 Å². The fourth-order valence-corrected chi connectivity index (χ4v) is 7.58. The molecule has 1 aromatic carbocycles. The molecule has 4 saturated carbocycles. The molecule has 7 nitrogen and oxygen atoms in total. The number of hydrogen-bond donors (Lipinski definition) is 2. The van der Waals surface area contributed by atoms with Gasteiger partial charge in [-0.15, -0.1) is 10.2 Å². The molecule has 0 aliphatic heterocycles. The van der Waals surface area contributed by atoms with Gasteiger partial charge < -0.3 is 5.32 Å². The lowest BCUT2D eigenvalue weighted by atomic mass is 9.49. The Balaban J connectivity index is 1.13. The van der Waals surface area contributed by atoms with Gasteiger partial charge in [-0.2, -0.15) is 5.21 Å². The highest BCUT2D eigenvalue weighted by Crippen LogP contribution is 2.59. The van der Waals surface area contributed by atoms with Crippen LogP contribution in [0.3, 0.4) is 0 Å². The summed E-state index contributed by atoms with van der Waals surface area (Å²) in [4.78, 5) is 18.2. The zero-order valence-corrected chi connectivity index (χ0v) is 20.2. The fraction of sp³-hybridized carbons (Fsp3) is 0.577. The third-order valence-corrected chi connectivity index (χ3v) is 8.68. The molecule has 4 bridgehead atoms. The van der Waals surface area contributed by atoms with Crippen molar-refractivity contribution in [1.82, 2.24) is 30.9 Å². The average Bonchev–Trinajstić information content (AvgIpc) is 3.33. The predicted octanol–water partition coefficient (Wildman–Crippen LogP) is 4.91. The van der Waals surface area contributed by atoms with E-state index in [1.165, 1.54) is 38.5 Å². The molecular weight excluding hydrogens is 448 g/mol. The summed E-state index contributed by atoms with van der Waals surface area (Å²) in [5.74, 6) is 3.30. The number of benzene rings is 1. The summed E-state index contributed by atoms with van der Waals surface area (Å²) in [6.07, 6.45) is 11.7. The number of fused-ring (bicyclic) bond motifs is 1. The maximum Gasteiger partial charge on any atom is 0.253 e. The molecule has 0 unspecified atom stereocenters. The first-order valence-electron chi connectivity index (χ1n) is 12.7. The van der Waals surface area contributed by atoms with Crippen molar-refractivity contribution in [2.45, 2.75) is 64.2 Å². The maximum atomic E-state index is 13.3. The molecule has 0 atom stereocenters. The van der Waals surface area contributed by atoms with Gasteiger partial charge in [-0.3, -0.25) is 9.78 Å². The van der Waals surface area contributed by atoms with Crippen LogP contribution in [-0.2, 0) is 12.8 Å². The van der Waals surface area contributed by atoms with Gasteiger partial charge in [-0.1, -0.05) is 22.9 Å². The molecule has 0 spiro atoms. The molecule has 4 aliphatic rings. The minimum Gasteiger partial charge on any atom is -0.351 e. The van der Waals surface area contributed by atoms with E-state index < -0.39 is 0 Å². The van der Waals surface area contributed by atoms with E-state index in [2.05, 4.69) is 25.9 Å². The zero-order valence-electron chi connectivity index (χ0n) is 19.4. The molecule has 2 heterocycles. The van der Waals surface area contributed by atoms with Crippen LogP contribution in [0, 0.1) is 23.2 Å². The largest absolute Gasteiger partial charge is 0.351 e. The van der Waals surface area contributed by atoms with Gasteiger partial charge in [-0.25, -0.2) is 0 Å². The number of nitrogens with zero attached hydrogens (tertiary/aromatic N) is 4. The molecule has 2 aromatic heterocycles. The van der Waals surface area contributed by atoms with Crippen LogP contribution in [-0.4, -0.2) is 38.1 Å². The molecule has 8 heteroatoms. The lowest BCUT2D eigenvalue weighted by Crippen LogP contribution is -2.51. The lowest BCUT2D eigenvalue weighted by Gasteiger charge is -2.56. The van der Waals surface area contributed by atoms with Gasteiger partial charge in [0.2, 0.25) is 0 Å². The Morgan fingerprint density at radius 2 is 1.76 bits per heavy atom. The van der Waals surface area contributed by atoms with Crippen LogP contribution in [0.25, 0.3) is 10.9 Å². The van der Waals surface area contributed by atoms with Crippen LogP contribution in [0.4, 0.5) is 0 Å². The van der Waals surface area contributed by atoms with Crippen LogP contribution >= 0.6 is 11.6 Å². The van der Waals surface area contributed by atoms with E-state index in [-0.39, 0.29) is 5.91 Å². The standard InChI is InChI=1S/C26H31ClN6O/c27-21-7-8-22-20(6-5-19(29-22)3-1-2-4-23-30-32-33-31-23)24(21)25(34)28-15-26-12-16-9-17(13-26)11-18(10-16)14-26/h5-8,16-18H,1-4,9-15H2,(H,28,34)(H,30,31,32,33). The lowest BCUT2D eigenvalue weighted by molar-refractivity contribution is -0.0503. The van der Waals surface area contributed by atoms with Gasteiger partial charge >= 0.3 is 0 Å². The van der Waals surface area contributed by atoms with E-state index in [4.69, 9.17) is 16.6 Å². The maximum absolute atomic E-state index is 13.3. The second kappa shape index (κ2) is 8.91. The van der Waals surface area contributed by atoms with Crippen molar-refractivity contribution < 1.29 is 4.79 Å². The number of aryl methyl sites for hydroxylation is 2. The quantitative estimate of drug-likeness (QED) is 0.448. The molecule has 0 radical (unpaired) electrons. The van der Waals surface area contributed by atoms with Crippen molar-refractivity contribution in [3.63, 3.8) is 0 Å². The number of pyridine rings is 1. The van der Waals surface area contributed by atoms with Crippen molar-refractivity contribution in [2.24, 2.45) is 23.2 Å². The molecule has 7 rings (SSSR count). The predicted molar refractivity (Wildman–Crippen MR) is 131 cm³/mol. The second-order valence-corrected chi connectivity index (χ2v) is 11.3. The average molecular weight is 479 g/mol. The highest BCUT2D eigenvalue weighted by atomic mass is 35.5. The Hall–Kier alpha value is -2.54. The number of H-pyrrole nitrogens is 1. The molecule has 4 aliphatic carbocycles. The molecule has 2 N–H and O–H groups in total. The first-order chi connectivity index (χ1) is 16.6. The number of carbonyl (C=O) groups is 1. The SMILES string of the molecule is O=C(NCC12CC3CC(CC(C3)C1)C2)c1c(Cl)ccc2nc(CCCCc3nn[nH]n3)ccc12. The van der Waals surface area contributed by atoms with Gasteiger partial charge in [0.25, 0.3) is 5.91 Å². The van der Waals surface area contributed by atoms with Crippen molar-refractivity contribution in [2.75, 3.05) is 6.54 Å². The molecule has 3 aromatic rings. The Bertz CT molecular complexity index is 1160.